The van der Waals surface area contributed by atoms with E-state index in [0.29, 0.717) is 17.4 Å². The fourth-order valence-electron chi connectivity index (χ4n) is 3.86. The SMILES string of the molecule is Cc1cc(C)cc(-c2nnc(NC(=O)C3c4ccccc4Oc4ccccc43)o2)c1. The quantitative estimate of drug-likeness (QED) is 0.512. The minimum atomic E-state index is -0.539. The zero-order chi connectivity index (χ0) is 20.7. The van der Waals surface area contributed by atoms with Gasteiger partial charge >= 0.3 is 6.01 Å². The first kappa shape index (κ1) is 18.1. The summed E-state index contributed by atoms with van der Waals surface area (Å²) in [6, 6.07) is 21.1. The average molecular weight is 397 g/mol. The molecule has 4 aromatic rings. The van der Waals surface area contributed by atoms with Gasteiger partial charge in [0.1, 0.15) is 11.5 Å². The van der Waals surface area contributed by atoms with Crippen LogP contribution in [0, 0.1) is 13.8 Å². The minimum Gasteiger partial charge on any atom is -0.457 e. The molecule has 30 heavy (non-hydrogen) atoms. The molecule has 0 radical (unpaired) electrons. The molecule has 6 heteroatoms. The molecule has 0 atom stereocenters. The molecule has 3 aromatic carbocycles. The van der Waals surface area contributed by atoms with Crippen molar-refractivity contribution in [2.75, 3.05) is 5.32 Å². The number of benzene rings is 3. The molecule has 0 saturated carbocycles. The van der Waals surface area contributed by atoms with E-state index in [9.17, 15) is 4.79 Å². The van der Waals surface area contributed by atoms with Crippen LogP contribution in [-0.4, -0.2) is 16.1 Å². The summed E-state index contributed by atoms with van der Waals surface area (Å²) in [5.41, 5.74) is 4.61. The number of nitrogens with zero attached hydrogens (tertiary/aromatic N) is 2. The van der Waals surface area contributed by atoms with Gasteiger partial charge in [0.05, 0.1) is 5.92 Å². The molecule has 1 N–H and O–H groups in total. The van der Waals surface area contributed by atoms with E-state index in [1.807, 2.05) is 74.5 Å². The average Bonchev–Trinajstić information content (AvgIpc) is 3.19. The molecule has 0 fully saturated rings. The molecule has 0 unspecified atom stereocenters. The first-order chi connectivity index (χ1) is 14.6. The largest absolute Gasteiger partial charge is 0.457 e. The van der Waals surface area contributed by atoms with Crippen molar-refractivity contribution < 1.29 is 13.9 Å². The predicted molar refractivity (Wildman–Crippen MR) is 113 cm³/mol. The molecule has 1 aliphatic heterocycles. The third-order valence-electron chi connectivity index (χ3n) is 5.07. The van der Waals surface area contributed by atoms with Gasteiger partial charge in [-0.1, -0.05) is 58.7 Å². The highest BCUT2D eigenvalue weighted by atomic mass is 16.5. The van der Waals surface area contributed by atoms with Gasteiger partial charge in [0, 0.05) is 16.7 Å². The van der Waals surface area contributed by atoms with Crippen LogP contribution in [0.4, 0.5) is 6.01 Å². The van der Waals surface area contributed by atoms with Crippen LogP contribution in [0.5, 0.6) is 11.5 Å². The zero-order valence-electron chi connectivity index (χ0n) is 16.5. The fraction of sp³-hybridized carbons (Fsp3) is 0.125. The van der Waals surface area contributed by atoms with Crippen LogP contribution in [0.3, 0.4) is 0 Å². The number of ether oxygens (including phenoxy) is 1. The first-order valence-corrected chi connectivity index (χ1v) is 9.67. The Morgan fingerprint density at radius 2 is 1.47 bits per heavy atom. The third kappa shape index (κ3) is 3.22. The molecule has 2 heterocycles. The number of carbonyl (C=O) groups excluding carboxylic acids is 1. The lowest BCUT2D eigenvalue weighted by molar-refractivity contribution is -0.117. The van der Waals surface area contributed by atoms with Gasteiger partial charge in [-0.2, -0.15) is 0 Å². The Morgan fingerprint density at radius 3 is 2.10 bits per heavy atom. The molecular formula is C24H19N3O3. The molecule has 148 valence electrons. The Bertz CT molecular complexity index is 1200. The summed E-state index contributed by atoms with van der Waals surface area (Å²) in [5.74, 6) is 0.900. The van der Waals surface area contributed by atoms with E-state index in [1.54, 1.807) is 0 Å². The second-order valence-electron chi connectivity index (χ2n) is 7.39. The van der Waals surface area contributed by atoms with Crippen molar-refractivity contribution in [3.8, 4) is 23.0 Å². The number of hydrogen-bond donors (Lipinski definition) is 1. The van der Waals surface area contributed by atoms with Crippen molar-refractivity contribution in [3.05, 3.63) is 89.0 Å². The Balaban J connectivity index is 1.46. The molecule has 0 saturated heterocycles. The molecule has 0 bridgehead atoms. The topological polar surface area (TPSA) is 77.2 Å². The van der Waals surface area contributed by atoms with Crippen molar-refractivity contribution >= 4 is 11.9 Å². The highest BCUT2D eigenvalue weighted by molar-refractivity contribution is 5.98. The molecule has 5 rings (SSSR count). The van der Waals surface area contributed by atoms with Gasteiger partial charge in [0.25, 0.3) is 0 Å². The van der Waals surface area contributed by atoms with E-state index < -0.39 is 5.92 Å². The maximum absolute atomic E-state index is 13.3. The smallest absolute Gasteiger partial charge is 0.322 e. The van der Waals surface area contributed by atoms with Crippen molar-refractivity contribution in [2.24, 2.45) is 0 Å². The van der Waals surface area contributed by atoms with Gasteiger partial charge in [-0.15, -0.1) is 5.10 Å². The van der Waals surface area contributed by atoms with Gasteiger partial charge < -0.3 is 9.15 Å². The van der Waals surface area contributed by atoms with Crippen LogP contribution in [-0.2, 0) is 4.79 Å². The molecular weight excluding hydrogens is 378 g/mol. The summed E-state index contributed by atoms with van der Waals surface area (Å²) in [4.78, 5) is 13.3. The van der Waals surface area contributed by atoms with Crippen LogP contribution in [0.25, 0.3) is 11.5 Å². The number of carbonyl (C=O) groups is 1. The Morgan fingerprint density at radius 1 is 0.867 bits per heavy atom. The lowest BCUT2D eigenvalue weighted by atomic mass is 9.87. The molecule has 6 nitrogen and oxygen atoms in total. The standard InChI is InChI=1S/C24H19N3O3/c1-14-11-15(2)13-16(12-14)23-26-27-24(30-23)25-22(28)21-17-7-3-5-9-19(17)29-20-10-6-4-8-18(20)21/h3-13,21H,1-2H3,(H,25,27,28). The Labute approximate surface area is 173 Å². The number of amides is 1. The zero-order valence-corrected chi connectivity index (χ0v) is 16.5. The van der Waals surface area contributed by atoms with Crippen molar-refractivity contribution in [2.45, 2.75) is 19.8 Å². The number of hydrogen-bond acceptors (Lipinski definition) is 5. The number of aryl methyl sites for hydroxylation is 2. The minimum absolute atomic E-state index is 0.0654. The van der Waals surface area contributed by atoms with E-state index in [4.69, 9.17) is 9.15 Å². The number of anilines is 1. The number of fused-ring (bicyclic) bond motifs is 2. The van der Waals surface area contributed by atoms with Crippen molar-refractivity contribution in [3.63, 3.8) is 0 Å². The Kier molecular flexibility index (Phi) is 4.32. The van der Waals surface area contributed by atoms with Crippen LogP contribution in [0.1, 0.15) is 28.2 Å². The molecule has 1 aromatic heterocycles. The van der Waals surface area contributed by atoms with E-state index in [-0.39, 0.29) is 11.9 Å². The second kappa shape index (κ2) is 7.15. The summed E-state index contributed by atoms with van der Waals surface area (Å²) >= 11 is 0. The van der Waals surface area contributed by atoms with Gasteiger partial charge in [-0.05, 0) is 38.1 Å². The van der Waals surface area contributed by atoms with Crippen LogP contribution < -0.4 is 10.1 Å². The number of aromatic nitrogens is 2. The van der Waals surface area contributed by atoms with Crippen LogP contribution in [0.15, 0.2) is 71.1 Å². The first-order valence-electron chi connectivity index (χ1n) is 9.67. The summed E-state index contributed by atoms with van der Waals surface area (Å²) in [6.45, 7) is 4.02. The van der Waals surface area contributed by atoms with Gasteiger partial charge in [-0.25, -0.2) is 0 Å². The molecule has 1 aliphatic rings. The van der Waals surface area contributed by atoms with Gasteiger partial charge in [-0.3, -0.25) is 10.1 Å². The summed E-state index contributed by atoms with van der Waals surface area (Å²) < 4.78 is 11.7. The van der Waals surface area contributed by atoms with Crippen LogP contribution in [0.2, 0.25) is 0 Å². The normalized spacial score (nSPS) is 12.6. The maximum Gasteiger partial charge on any atom is 0.322 e. The lowest BCUT2D eigenvalue weighted by Gasteiger charge is -2.26. The van der Waals surface area contributed by atoms with E-state index >= 15 is 0 Å². The van der Waals surface area contributed by atoms with Crippen LogP contribution >= 0.6 is 0 Å². The highest BCUT2D eigenvalue weighted by Crippen LogP contribution is 2.44. The molecule has 0 spiro atoms. The number of nitrogens with one attached hydrogen (secondary N) is 1. The molecule has 1 amide bonds. The number of rotatable bonds is 3. The number of para-hydroxylation sites is 2. The lowest BCUT2D eigenvalue weighted by Crippen LogP contribution is -2.25. The van der Waals surface area contributed by atoms with E-state index in [0.717, 1.165) is 27.8 Å². The summed E-state index contributed by atoms with van der Waals surface area (Å²) in [6.07, 6.45) is 0. The summed E-state index contributed by atoms with van der Waals surface area (Å²) in [5, 5.41) is 10.9. The highest BCUT2D eigenvalue weighted by Gasteiger charge is 2.33. The Hall–Kier alpha value is -3.93. The van der Waals surface area contributed by atoms with Gasteiger partial charge in [0.2, 0.25) is 11.8 Å². The summed E-state index contributed by atoms with van der Waals surface area (Å²) in [7, 11) is 0. The van der Waals surface area contributed by atoms with Gasteiger partial charge in [0.15, 0.2) is 0 Å². The third-order valence-corrected chi connectivity index (χ3v) is 5.07. The predicted octanol–water partition coefficient (Wildman–Crippen LogP) is 5.23. The van der Waals surface area contributed by atoms with E-state index in [1.165, 1.54) is 0 Å². The second-order valence-corrected chi connectivity index (χ2v) is 7.39. The van der Waals surface area contributed by atoms with E-state index in [2.05, 4.69) is 21.6 Å². The monoisotopic (exact) mass is 397 g/mol. The maximum atomic E-state index is 13.3. The van der Waals surface area contributed by atoms with Crippen molar-refractivity contribution in [1.82, 2.24) is 10.2 Å². The molecule has 0 aliphatic carbocycles. The van der Waals surface area contributed by atoms with Crippen molar-refractivity contribution in [1.29, 1.82) is 0 Å². The fourth-order valence-corrected chi connectivity index (χ4v) is 3.86.